The van der Waals surface area contributed by atoms with Gasteiger partial charge in [-0.15, -0.1) is 5.10 Å². The molecule has 10 nitrogen and oxygen atoms in total. The zero-order chi connectivity index (χ0) is 17.2. The van der Waals surface area contributed by atoms with Crippen LogP contribution < -0.4 is 0 Å². The lowest BCUT2D eigenvalue weighted by molar-refractivity contribution is 0.0783. The first kappa shape index (κ1) is 15.5. The minimum Gasteiger partial charge on any atom is -0.336 e. The quantitative estimate of drug-likeness (QED) is 0.672. The molecule has 0 saturated carbocycles. The number of carbonyl (C=O) groups excluding carboxylic acids is 1. The molecule has 0 saturated heterocycles. The number of H-pyrrole nitrogens is 2. The topological polar surface area (TPSA) is 121 Å². The number of hydrogen-bond donors (Lipinski definition) is 2. The number of aromatic nitrogens is 8. The van der Waals surface area contributed by atoms with E-state index in [0.29, 0.717) is 17.9 Å². The van der Waals surface area contributed by atoms with Crippen molar-refractivity contribution in [1.82, 2.24) is 45.5 Å². The Bertz CT molecular complexity index is 864. The van der Waals surface area contributed by atoms with Crippen molar-refractivity contribution in [3.63, 3.8) is 0 Å². The highest BCUT2D eigenvalue weighted by molar-refractivity contribution is 5.96. The third kappa shape index (κ3) is 2.90. The smallest absolute Gasteiger partial charge is 0.259 e. The lowest BCUT2D eigenvalue weighted by Crippen LogP contribution is -2.27. The monoisotopic (exact) mass is 341 g/mol. The van der Waals surface area contributed by atoms with Crippen molar-refractivity contribution in [2.45, 2.75) is 38.6 Å². The molecule has 1 amide bonds. The van der Waals surface area contributed by atoms with E-state index in [-0.39, 0.29) is 5.91 Å². The molecule has 0 spiro atoms. The Morgan fingerprint density at radius 1 is 1.28 bits per heavy atom. The van der Waals surface area contributed by atoms with Crippen LogP contribution in [0.1, 0.15) is 46.6 Å². The maximum Gasteiger partial charge on any atom is 0.259 e. The van der Waals surface area contributed by atoms with Crippen molar-refractivity contribution < 1.29 is 4.79 Å². The van der Waals surface area contributed by atoms with Crippen LogP contribution in [0.4, 0.5) is 0 Å². The maximum absolute atomic E-state index is 12.8. The zero-order valence-corrected chi connectivity index (χ0v) is 13.9. The highest BCUT2D eigenvalue weighted by atomic mass is 16.2. The molecule has 0 unspecified atom stereocenters. The molecular weight excluding hydrogens is 322 g/mol. The van der Waals surface area contributed by atoms with Crippen LogP contribution in [0.5, 0.6) is 0 Å². The second-order valence-corrected chi connectivity index (χ2v) is 6.24. The van der Waals surface area contributed by atoms with Crippen molar-refractivity contribution >= 4 is 5.91 Å². The van der Waals surface area contributed by atoms with Crippen LogP contribution >= 0.6 is 0 Å². The molecular formula is C15H19N9O. The Kier molecular flexibility index (Phi) is 4.00. The third-order valence-electron chi connectivity index (χ3n) is 4.55. The van der Waals surface area contributed by atoms with Gasteiger partial charge < -0.3 is 4.90 Å². The van der Waals surface area contributed by atoms with Crippen LogP contribution in [0.3, 0.4) is 0 Å². The van der Waals surface area contributed by atoms with Gasteiger partial charge in [-0.1, -0.05) is 6.42 Å². The van der Waals surface area contributed by atoms with Crippen LogP contribution in [0.25, 0.3) is 5.82 Å². The highest BCUT2D eigenvalue weighted by Gasteiger charge is 2.23. The normalized spacial score (nSPS) is 14.1. The summed E-state index contributed by atoms with van der Waals surface area (Å²) in [5.74, 6) is 0.285. The Morgan fingerprint density at radius 3 is 3.00 bits per heavy atom. The summed E-state index contributed by atoms with van der Waals surface area (Å²) in [5.41, 5.74) is 3.84. The molecule has 10 heteroatoms. The number of amides is 1. The third-order valence-corrected chi connectivity index (χ3v) is 4.55. The van der Waals surface area contributed by atoms with Gasteiger partial charge in [0.2, 0.25) is 0 Å². The SMILES string of the molecule is CN(Cc1n[nH]c2c1CCCCC2)C(=O)c1cn[nH]c1-n1cnnn1. The van der Waals surface area contributed by atoms with Crippen LogP contribution in [0.2, 0.25) is 0 Å². The Morgan fingerprint density at radius 2 is 2.16 bits per heavy atom. The van der Waals surface area contributed by atoms with Crippen LogP contribution in [0, 0.1) is 0 Å². The van der Waals surface area contributed by atoms with Gasteiger partial charge in [0.05, 0.1) is 18.4 Å². The first-order valence-corrected chi connectivity index (χ1v) is 8.31. The standard InChI is InChI=1S/C15H19N9O/c1-23(8-13-10-5-3-2-4-6-12(10)18-19-13)15(25)11-7-16-20-14(11)24-9-17-21-22-24/h7,9H,2-6,8H2,1H3,(H,16,20)(H,18,19). The number of nitrogens with one attached hydrogen (secondary N) is 2. The minimum atomic E-state index is -0.162. The Hall–Kier alpha value is -3.04. The Balaban J connectivity index is 1.54. The van der Waals surface area contributed by atoms with Gasteiger partial charge >= 0.3 is 0 Å². The van der Waals surface area contributed by atoms with Gasteiger partial charge in [0.15, 0.2) is 5.82 Å². The van der Waals surface area contributed by atoms with Crippen LogP contribution in [0.15, 0.2) is 12.5 Å². The number of aryl methyl sites for hydroxylation is 1. The van der Waals surface area contributed by atoms with Gasteiger partial charge in [-0.05, 0) is 41.7 Å². The average molecular weight is 341 g/mol. The lowest BCUT2D eigenvalue weighted by atomic mass is 10.1. The van der Waals surface area contributed by atoms with Gasteiger partial charge in [-0.3, -0.25) is 15.0 Å². The fraction of sp³-hybridized carbons (Fsp3) is 0.467. The maximum atomic E-state index is 12.8. The number of nitrogens with zero attached hydrogens (tertiary/aromatic N) is 7. The van der Waals surface area contributed by atoms with Gasteiger partial charge in [-0.2, -0.15) is 14.9 Å². The fourth-order valence-corrected chi connectivity index (χ4v) is 3.23. The first-order valence-electron chi connectivity index (χ1n) is 8.31. The zero-order valence-electron chi connectivity index (χ0n) is 13.9. The molecule has 1 aliphatic rings. The van der Waals surface area contributed by atoms with E-state index in [9.17, 15) is 4.79 Å². The summed E-state index contributed by atoms with van der Waals surface area (Å²) >= 11 is 0. The molecule has 1 aliphatic carbocycles. The predicted octanol–water partition coefficient (Wildman–Crippen LogP) is 0.650. The van der Waals surface area contributed by atoms with E-state index < -0.39 is 0 Å². The second-order valence-electron chi connectivity index (χ2n) is 6.24. The number of tetrazole rings is 1. The number of carbonyl (C=O) groups is 1. The van der Waals surface area contributed by atoms with Gasteiger partial charge in [0, 0.05) is 12.7 Å². The summed E-state index contributed by atoms with van der Waals surface area (Å²) in [7, 11) is 1.76. The van der Waals surface area contributed by atoms with Crippen LogP contribution in [-0.4, -0.2) is 58.5 Å². The van der Waals surface area contributed by atoms with Gasteiger partial charge in [0.25, 0.3) is 5.91 Å². The van der Waals surface area contributed by atoms with Crippen molar-refractivity contribution in [3.8, 4) is 5.82 Å². The van der Waals surface area contributed by atoms with E-state index in [1.807, 2.05) is 0 Å². The highest BCUT2D eigenvalue weighted by Crippen LogP contribution is 2.23. The van der Waals surface area contributed by atoms with Crippen molar-refractivity contribution in [2.24, 2.45) is 0 Å². The summed E-state index contributed by atoms with van der Waals surface area (Å²) in [6.45, 7) is 0.449. The molecule has 130 valence electrons. The molecule has 0 aromatic carbocycles. The summed E-state index contributed by atoms with van der Waals surface area (Å²) in [5, 5.41) is 25.3. The molecule has 3 aromatic rings. The molecule has 2 N–H and O–H groups in total. The average Bonchev–Trinajstić information content (AvgIpc) is 3.33. The summed E-state index contributed by atoms with van der Waals surface area (Å²) < 4.78 is 1.38. The van der Waals surface area contributed by atoms with Crippen molar-refractivity contribution in [1.29, 1.82) is 0 Å². The summed E-state index contributed by atoms with van der Waals surface area (Å²) in [6.07, 6.45) is 8.55. The van der Waals surface area contributed by atoms with E-state index in [4.69, 9.17) is 0 Å². The molecule has 3 aromatic heterocycles. The van der Waals surface area contributed by atoms with Gasteiger partial charge in [-0.25, -0.2) is 0 Å². The number of hydrogen-bond acceptors (Lipinski definition) is 6. The molecule has 0 atom stereocenters. The molecule has 0 aliphatic heterocycles. The van der Waals surface area contributed by atoms with Crippen LogP contribution in [-0.2, 0) is 19.4 Å². The second kappa shape index (κ2) is 6.46. The Labute approximate surface area is 143 Å². The first-order chi connectivity index (χ1) is 12.2. The molecule has 4 rings (SSSR count). The predicted molar refractivity (Wildman–Crippen MR) is 86.9 cm³/mol. The van der Waals surface area contributed by atoms with E-state index in [1.165, 1.54) is 47.7 Å². The van der Waals surface area contributed by atoms with Gasteiger partial charge in [0.1, 0.15) is 11.9 Å². The lowest BCUT2D eigenvalue weighted by Gasteiger charge is -2.16. The van der Waals surface area contributed by atoms with E-state index >= 15 is 0 Å². The molecule has 3 heterocycles. The van der Waals surface area contributed by atoms with Crippen molar-refractivity contribution in [3.05, 3.63) is 35.0 Å². The van der Waals surface area contributed by atoms with E-state index in [2.05, 4.69) is 35.9 Å². The molecule has 0 fully saturated rings. The molecule has 0 radical (unpaired) electrons. The largest absolute Gasteiger partial charge is 0.336 e. The van der Waals surface area contributed by atoms with E-state index in [0.717, 1.165) is 18.5 Å². The number of aromatic amines is 2. The number of rotatable bonds is 4. The molecule has 0 bridgehead atoms. The number of fused-ring (bicyclic) bond motifs is 1. The minimum absolute atomic E-state index is 0.162. The van der Waals surface area contributed by atoms with Crippen molar-refractivity contribution in [2.75, 3.05) is 7.05 Å². The summed E-state index contributed by atoms with van der Waals surface area (Å²) in [6, 6.07) is 0. The molecule has 25 heavy (non-hydrogen) atoms. The van der Waals surface area contributed by atoms with E-state index in [1.54, 1.807) is 11.9 Å². The summed E-state index contributed by atoms with van der Waals surface area (Å²) in [4.78, 5) is 14.5. The fourth-order valence-electron chi connectivity index (χ4n) is 3.23.